The Morgan fingerprint density at radius 2 is 0.923 bits per heavy atom. The van der Waals surface area contributed by atoms with Gasteiger partial charge in [-0.15, -0.1) is 0 Å². The first-order valence-corrected chi connectivity index (χ1v) is 11.6. The lowest BCUT2D eigenvalue weighted by molar-refractivity contribution is 0.323. The quantitative estimate of drug-likeness (QED) is 0.540. The van der Waals surface area contributed by atoms with Crippen molar-refractivity contribution < 1.29 is 0 Å². The molecular formula is C24H29NP+. The van der Waals surface area contributed by atoms with Crippen LogP contribution in [0.4, 0.5) is 0 Å². The molecule has 0 amide bonds. The molecule has 0 radical (unpaired) electrons. The molecule has 0 saturated heterocycles. The summed E-state index contributed by atoms with van der Waals surface area (Å²) in [5.74, 6) is 0. The Hall–Kier alpha value is -1.95. The van der Waals surface area contributed by atoms with E-state index in [-0.39, 0.29) is 0 Å². The normalized spacial score (nSPS) is 11.7. The van der Waals surface area contributed by atoms with Crippen LogP contribution in [-0.2, 0) is 0 Å². The molecule has 134 valence electrons. The molecule has 0 spiro atoms. The van der Waals surface area contributed by atoms with Crippen LogP contribution in [-0.4, -0.2) is 30.7 Å². The van der Waals surface area contributed by atoms with E-state index >= 15 is 0 Å². The fourth-order valence-electron chi connectivity index (χ4n) is 3.71. The topological polar surface area (TPSA) is 3.24 Å². The van der Waals surface area contributed by atoms with Crippen LogP contribution < -0.4 is 15.9 Å². The number of benzene rings is 3. The van der Waals surface area contributed by atoms with Crippen LogP contribution >= 0.6 is 7.26 Å². The summed E-state index contributed by atoms with van der Waals surface area (Å²) in [5, 5.41) is 4.43. The first kappa shape index (κ1) is 18.8. The minimum atomic E-state index is -1.68. The summed E-state index contributed by atoms with van der Waals surface area (Å²) >= 11 is 0. The second kappa shape index (κ2) is 9.12. The molecule has 3 aromatic rings. The van der Waals surface area contributed by atoms with E-state index in [1.165, 1.54) is 22.1 Å². The Labute approximate surface area is 159 Å². The molecule has 0 fully saturated rings. The van der Waals surface area contributed by atoms with Gasteiger partial charge < -0.3 is 4.90 Å². The van der Waals surface area contributed by atoms with E-state index in [1.807, 2.05) is 0 Å². The third kappa shape index (κ3) is 3.90. The van der Waals surface area contributed by atoms with Crippen molar-refractivity contribution in [1.82, 2.24) is 4.90 Å². The van der Waals surface area contributed by atoms with Crippen molar-refractivity contribution in [1.29, 1.82) is 0 Å². The Balaban J connectivity index is 2.18. The third-order valence-electron chi connectivity index (χ3n) is 5.24. The fourth-order valence-corrected chi connectivity index (χ4v) is 8.01. The van der Waals surface area contributed by atoms with E-state index in [1.54, 1.807) is 0 Å². The highest BCUT2D eigenvalue weighted by Gasteiger charge is 2.44. The van der Waals surface area contributed by atoms with E-state index in [9.17, 15) is 0 Å². The molecule has 0 N–H and O–H groups in total. The summed E-state index contributed by atoms with van der Waals surface area (Å²) < 4.78 is 0. The Morgan fingerprint density at radius 3 is 1.23 bits per heavy atom. The zero-order valence-electron chi connectivity index (χ0n) is 15.9. The van der Waals surface area contributed by atoms with Gasteiger partial charge in [0.05, 0.1) is 6.16 Å². The summed E-state index contributed by atoms with van der Waals surface area (Å²) in [7, 11) is -1.68. The smallest absolute Gasteiger partial charge is 0.113 e. The standard InChI is InChI=1S/C24H29NP/c1-3-25(4-2)20-21-26(22-14-8-5-9-15-22,23-16-10-6-11-17-23)24-18-12-7-13-19-24/h5-19H,3-4,20-21H2,1-2H3/q+1. The number of hydrogen-bond acceptors (Lipinski definition) is 1. The van der Waals surface area contributed by atoms with Crippen molar-refractivity contribution in [3.8, 4) is 0 Å². The highest BCUT2D eigenvalue weighted by atomic mass is 31.2. The molecule has 0 aromatic heterocycles. The Morgan fingerprint density at radius 1 is 0.577 bits per heavy atom. The number of rotatable bonds is 8. The van der Waals surface area contributed by atoms with Gasteiger partial charge in [0.1, 0.15) is 23.2 Å². The minimum Gasteiger partial charge on any atom is -0.300 e. The third-order valence-corrected chi connectivity index (χ3v) is 9.65. The lowest BCUT2D eigenvalue weighted by Crippen LogP contribution is -2.37. The van der Waals surface area contributed by atoms with Crippen molar-refractivity contribution in [3.63, 3.8) is 0 Å². The number of hydrogen-bond donors (Lipinski definition) is 0. The van der Waals surface area contributed by atoms with Gasteiger partial charge in [-0.3, -0.25) is 0 Å². The maximum Gasteiger partial charge on any atom is 0.113 e. The summed E-state index contributed by atoms with van der Waals surface area (Å²) in [6, 6.07) is 33.5. The number of nitrogens with zero attached hydrogens (tertiary/aromatic N) is 1. The zero-order valence-corrected chi connectivity index (χ0v) is 16.8. The highest BCUT2D eigenvalue weighted by Crippen LogP contribution is 2.55. The first-order chi connectivity index (χ1) is 12.8. The molecule has 0 bridgehead atoms. The highest BCUT2D eigenvalue weighted by molar-refractivity contribution is 7.95. The summed E-state index contributed by atoms with van der Waals surface area (Å²) in [6.45, 7) is 7.86. The summed E-state index contributed by atoms with van der Waals surface area (Å²) in [4.78, 5) is 2.55. The minimum absolute atomic E-state index is 1.11. The van der Waals surface area contributed by atoms with Crippen LogP contribution in [0.25, 0.3) is 0 Å². The van der Waals surface area contributed by atoms with Crippen LogP contribution in [0.5, 0.6) is 0 Å². The van der Waals surface area contributed by atoms with E-state index in [0.29, 0.717) is 0 Å². The van der Waals surface area contributed by atoms with Gasteiger partial charge in [0.25, 0.3) is 0 Å². The molecule has 3 rings (SSSR count). The predicted octanol–water partition coefficient (Wildman–Crippen LogP) is 4.32. The average Bonchev–Trinajstić information content (AvgIpc) is 2.74. The second-order valence-electron chi connectivity index (χ2n) is 6.57. The van der Waals surface area contributed by atoms with Crippen molar-refractivity contribution >= 4 is 23.2 Å². The average molecular weight is 362 g/mol. The van der Waals surface area contributed by atoms with Crippen molar-refractivity contribution in [2.75, 3.05) is 25.8 Å². The van der Waals surface area contributed by atoms with Gasteiger partial charge >= 0.3 is 0 Å². The molecule has 0 saturated carbocycles. The van der Waals surface area contributed by atoms with Gasteiger partial charge in [0, 0.05) is 6.54 Å². The van der Waals surface area contributed by atoms with E-state index in [0.717, 1.165) is 19.6 Å². The molecular weight excluding hydrogens is 333 g/mol. The lowest BCUT2D eigenvalue weighted by atomic mass is 10.4. The molecule has 0 aliphatic carbocycles. The van der Waals surface area contributed by atoms with Gasteiger partial charge in [-0.25, -0.2) is 0 Å². The van der Waals surface area contributed by atoms with Crippen LogP contribution in [0.1, 0.15) is 13.8 Å². The van der Waals surface area contributed by atoms with E-state index in [4.69, 9.17) is 0 Å². The molecule has 26 heavy (non-hydrogen) atoms. The zero-order chi connectivity index (χ0) is 18.2. The van der Waals surface area contributed by atoms with Crippen molar-refractivity contribution in [2.24, 2.45) is 0 Å². The van der Waals surface area contributed by atoms with Crippen LogP contribution in [0.2, 0.25) is 0 Å². The maximum absolute atomic E-state index is 2.55. The fraction of sp³-hybridized carbons (Fsp3) is 0.250. The summed E-state index contributed by atoms with van der Waals surface area (Å²) in [6.07, 6.45) is 1.17. The Bertz CT molecular complexity index is 670. The molecule has 2 heteroatoms. The van der Waals surface area contributed by atoms with Crippen molar-refractivity contribution in [3.05, 3.63) is 91.0 Å². The predicted molar refractivity (Wildman–Crippen MR) is 118 cm³/mol. The SMILES string of the molecule is CCN(CC)CC[P+](c1ccccc1)(c1ccccc1)c1ccccc1. The van der Waals surface area contributed by atoms with Crippen LogP contribution in [0.15, 0.2) is 91.0 Å². The first-order valence-electron chi connectivity index (χ1n) is 9.58. The largest absolute Gasteiger partial charge is 0.300 e. The lowest BCUT2D eigenvalue weighted by Gasteiger charge is -2.30. The molecule has 0 aliphatic heterocycles. The van der Waals surface area contributed by atoms with E-state index < -0.39 is 7.26 Å². The van der Waals surface area contributed by atoms with Gasteiger partial charge in [0.2, 0.25) is 0 Å². The molecule has 0 aliphatic rings. The molecule has 3 aromatic carbocycles. The monoisotopic (exact) mass is 362 g/mol. The maximum atomic E-state index is 2.55. The van der Waals surface area contributed by atoms with Crippen LogP contribution in [0.3, 0.4) is 0 Å². The molecule has 0 heterocycles. The van der Waals surface area contributed by atoms with E-state index in [2.05, 4.69) is 110 Å². The summed E-state index contributed by atoms with van der Waals surface area (Å²) in [5.41, 5.74) is 0. The van der Waals surface area contributed by atoms with Crippen LogP contribution in [0, 0.1) is 0 Å². The Kier molecular flexibility index (Phi) is 6.61. The van der Waals surface area contributed by atoms with Gasteiger partial charge in [-0.2, -0.15) is 0 Å². The van der Waals surface area contributed by atoms with Crippen molar-refractivity contribution in [2.45, 2.75) is 13.8 Å². The second-order valence-corrected chi connectivity index (χ2v) is 10.2. The van der Waals surface area contributed by atoms with Gasteiger partial charge in [-0.05, 0) is 49.5 Å². The molecule has 1 nitrogen and oxygen atoms in total. The molecule has 0 atom stereocenters. The van der Waals surface area contributed by atoms with Gasteiger partial charge in [-0.1, -0.05) is 68.4 Å². The van der Waals surface area contributed by atoms with Gasteiger partial charge in [0.15, 0.2) is 0 Å². The molecule has 0 unspecified atom stereocenters.